The second-order valence-corrected chi connectivity index (χ2v) is 3.86. The van der Waals surface area contributed by atoms with Crippen LogP contribution in [0.1, 0.15) is 5.56 Å². The van der Waals surface area contributed by atoms with Crippen molar-refractivity contribution in [3.05, 3.63) is 28.0 Å². The molecule has 0 aromatic heterocycles. The number of nitrogens with two attached hydrogens (primary N) is 1. The lowest BCUT2D eigenvalue weighted by atomic mass is 10.2. The largest absolute Gasteiger partial charge is 0.386 e. The monoisotopic (exact) mass is 278 g/mol. The number of alkyl halides is 1. The highest BCUT2D eigenvalue weighted by atomic mass is 79.9. The van der Waals surface area contributed by atoms with Gasteiger partial charge in [0.05, 0.1) is 16.0 Å². The quantitative estimate of drug-likeness (QED) is 0.504. The van der Waals surface area contributed by atoms with Gasteiger partial charge in [0, 0.05) is 5.56 Å². The normalized spacial score (nSPS) is 11.9. The number of benzene rings is 1. The Labute approximate surface area is 95.1 Å². The first-order chi connectivity index (χ1) is 6.56. The van der Waals surface area contributed by atoms with Crippen molar-refractivity contribution in [2.24, 2.45) is 10.7 Å². The molecule has 14 heavy (non-hydrogen) atoms. The molecule has 5 heteroatoms. The van der Waals surface area contributed by atoms with Gasteiger partial charge in [0.2, 0.25) is 0 Å². The summed E-state index contributed by atoms with van der Waals surface area (Å²) in [5.74, 6) is 0.0852. The average Bonchev–Trinajstić information content (AvgIpc) is 2.19. The number of hydrogen-bond acceptors (Lipinski definition) is 1. The van der Waals surface area contributed by atoms with Gasteiger partial charge in [0.1, 0.15) is 11.7 Å². The molecule has 1 aromatic rings. The molecule has 0 saturated carbocycles. The van der Waals surface area contributed by atoms with Crippen molar-refractivity contribution in [1.82, 2.24) is 0 Å². The van der Waals surface area contributed by atoms with Crippen molar-refractivity contribution in [2.45, 2.75) is 6.92 Å². The average molecular weight is 280 g/mol. The molecule has 0 bridgehead atoms. The van der Waals surface area contributed by atoms with Gasteiger partial charge in [-0.1, -0.05) is 0 Å². The maximum absolute atomic E-state index is 13.4. The highest BCUT2D eigenvalue weighted by Gasteiger charge is 2.07. The first-order valence-electron chi connectivity index (χ1n) is 3.90. The second kappa shape index (κ2) is 4.75. The minimum absolute atomic E-state index is 0.136. The summed E-state index contributed by atoms with van der Waals surface area (Å²) in [5, 5.41) is 0. The van der Waals surface area contributed by atoms with Crippen LogP contribution >= 0.6 is 27.5 Å². The molecule has 1 aromatic carbocycles. The van der Waals surface area contributed by atoms with E-state index in [-0.39, 0.29) is 17.5 Å². The Morgan fingerprint density at radius 3 is 2.86 bits per heavy atom. The SMILES string of the molecule is Cc1c(N=C(N)CCl)ccc(Br)c1F. The lowest BCUT2D eigenvalue weighted by molar-refractivity contribution is 0.612. The minimum atomic E-state index is -0.325. The molecule has 2 N–H and O–H groups in total. The summed E-state index contributed by atoms with van der Waals surface area (Å²) in [6.45, 7) is 1.64. The molecule has 2 nitrogen and oxygen atoms in total. The second-order valence-electron chi connectivity index (χ2n) is 2.74. The highest BCUT2D eigenvalue weighted by molar-refractivity contribution is 9.10. The molecular weight excluding hydrogens is 270 g/mol. The fourth-order valence-electron chi connectivity index (χ4n) is 0.948. The van der Waals surface area contributed by atoms with E-state index in [4.69, 9.17) is 17.3 Å². The third kappa shape index (κ3) is 2.45. The Hall–Kier alpha value is -0.610. The molecule has 0 radical (unpaired) electrons. The van der Waals surface area contributed by atoms with Gasteiger partial charge >= 0.3 is 0 Å². The van der Waals surface area contributed by atoms with Crippen molar-refractivity contribution in [1.29, 1.82) is 0 Å². The smallest absolute Gasteiger partial charge is 0.142 e. The van der Waals surface area contributed by atoms with E-state index in [2.05, 4.69) is 20.9 Å². The van der Waals surface area contributed by atoms with Gasteiger partial charge in [0.15, 0.2) is 0 Å². The first kappa shape index (κ1) is 11.5. The molecular formula is C9H9BrClFN2. The summed E-state index contributed by atoms with van der Waals surface area (Å²) in [6, 6.07) is 3.27. The van der Waals surface area contributed by atoms with Crippen molar-refractivity contribution in [3.8, 4) is 0 Å². The molecule has 0 aliphatic heterocycles. The third-order valence-electron chi connectivity index (χ3n) is 1.71. The molecule has 0 amide bonds. The van der Waals surface area contributed by atoms with Gasteiger partial charge in [-0.25, -0.2) is 9.38 Å². The molecule has 0 spiro atoms. The molecule has 0 fully saturated rings. The van der Waals surface area contributed by atoms with E-state index in [1.807, 2.05) is 0 Å². The lowest BCUT2D eigenvalue weighted by Gasteiger charge is -2.04. The zero-order valence-corrected chi connectivity index (χ0v) is 9.86. The molecule has 1 rings (SSSR count). The number of rotatable bonds is 2. The summed E-state index contributed by atoms with van der Waals surface area (Å²) in [4.78, 5) is 3.98. The van der Waals surface area contributed by atoms with Crippen LogP contribution in [-0.2, 0) is 0 Å². The van der Waals surface area contributed by atoms with E-state index >= 15 is 0 Å². The van der Waals surface area contributed by atoms with Gasteiger partial charge in [-0.2, -0.15) is 0 Å². The van der Waals surface area contributed by atoms with Crippen LogP contribution in [0.3, 0.4) is 0 Å². The molecule has 0 atom stereocenters. The Balaban J connectivity index is 3.18. The van der Waals surface area contributed by atoms with Crippen molar-refractivity contribution < 1.29 is 4.39 Å². The van der Waals surface area contributed by atoms with E-state index in [0.717, 1.165) is 0 Å². The maximum atomic E-state index is 13.4. The molecule has 0 unspecified atom stereocenters. The Bertz CT molecular complexity index is 379. The van der Waals surface area contributed by atoms with Crippen LogP contribution in [0, 0.1) is 12.7 Å². The first-order valence-corrected chi connectivity index (χ1v) is 5.22. The van der Waals surface area contributed by atoms with Crippen LogP contribution in [-0.4, -0.2) is 11.7 Å². The fraction of sp³-hybridized carbons (Fsp3) is 0.222. The summed E-state index contributed by atoms with van der Waals surface area (Å²) >= 11 is 8.55. The zero-order valence-electron chi connectivity index (χ0n) is 7.52. The fourth-order valence-corrected chi connectivity index (χ4v) is 1.44. The van der Waals surface area contributed by atoms with E-state index < -0.39 is 0 Å². The van der Waals surface area contributed by atoms with E-state index in [1.165, 1.54) is 0 Å². The predicted octanol–water partition coefficient (Wildman–Crippen LogP) is 3.12. The topological polar surface area (TPSA) is 38.4 Å². The van der Waals surface area contributed by atoms with Crippen molar-refractivity contribution >= 4 is 39.1 Å². The summed E-state index contributed by atoms with van der Waals surface area (Å²) in [7, 11) is 0. The van der Waals surface area contributed by atoms with Crippen molar-refractivity contribution in [2.75, 3.05) is 5.88 Å². The molecule has 0 saturated heterocycles. The van der Waals surface area contributed by atoms with Crippen LogP contribution in [0.5, 0.6) is 0 Å². The van der Waals surface area contributed by atoms with E-state index in [1.54, 1.807) is 19.1 Å². The summed E-state index contributed by atoms with van der Waals surface area (Å²) in [5.41, 5.74) is 6.40. The number of nitrogens with zero attached hydrogens (tertiary/aromatic N) is 1. The molecule has 76 valence electrons. The highest BCUT2D eigenvalue weighted by Crippen LogP contribution is 2.26. The third-order valence-corrected chi connectivity index (χ3v) is 2.60. The number of aliphatic imine (C=N–C) groups is 1. The number of amidine groups is 1. The van der Waals surface area contributed by atoms with Gasteiger partial charge in [-0.05, 0) is 35.0 Å². The Kier molecular flexibility index (Phi) is 3.89. The van der Waals surface area contributed by atoms with Crippen LogP contribution in [0.2, 0.25) is 0 Å². The standard InChI is InChI=1S/C9H9BrClFN2/c1-5-7(14-8(13)4-11)3-2-6(10)9(5)12/h2-3H,4H2,1H3,(H2,13,14). The van der Waals surface area contributed by atoms with Crippen LogP contribution in [0.25, 0.3) is 0 Å². The maximum Gasteiger partial charge on any atom is 0.142 e. The van der Waals surface area contributed by atoms with Gasteiger partial charge in [0.25, 0.3) is 0 Å². The molecule has 0 aliphatic rings. The minimum Gasteiger partial charge on any atom is -0.386 e. The van der Waals surface area contributed by atoms with Crippen LogP contribution < -0.4 is 5.73 Å². The lowest BCUT2D eigenvalue weighted by Crippen LogP contribution is -2.12. The van der Waals surface area contributed by atoms with Gasteiger partial charge in [-0.3, -0.25) is 0 Å². The summed E-state index contributed by atoms with van der Waals surface area (Å²) in [6.07, 6.45) is 0. The van der Waals surface area contributed by atoms with Gasteiger partial charge < -0.3 is 5.73 Å². The van der Waals surface area contributed by atoms with E-state index in [9.17, 15) is 4.39 Å². The zero-order chi connectivity index (χ0) is 10.7. The summed E-state index contributed by atoms with van der Waals surface area (Å²) < 4.78 is 13.8. The predicted molar refractivity (Wildman–Crippen MR) is 60.8 cm³/mol. The van der Waals surface area contributed by atoms with Crippen LogP contribution in [0.15, 0.2) is 21.6 Å². The molecule has 0 heterocycles. The number of halogens is 3. The van der Waals surface area contributed by atoms with E-state index in [0.29, 0.717) is 15.7 Å². The van der Waals surface area contributed by atoms with Crippen LogP contribution in [0.4, 0.5) is 10.1 Å². The Morgan fingerprint density at radius 2 is 2.29 bits per heavy atom. The number of hydrogen-bond donors (Lipinski definition) is 1. The van der Waals surface area contributed by atoms with Gasteiger partial charge in [-0.15, -0.1) is 11.6 Å². The molecule has 0 aliphatic carbocycles. The van der Waals surface area contributed by atoms with Crippen molar-refractivity contribution in [3.63, 3.8) is 0 Å². The Morgan fingerprint density at radius 1 is 1.64 bits per heavy atom.